The molecule has 13 heavy (non-hydrogen) atoms. The van der Waals surface area contributed by atoms with E-state index in [1.54, 1.807) is 12.1 Å². The maximum atomic E-state index is 9.23. The Kier molecular flexibility index (Phi) is 3.70. The van der Waals surface area contributed by atoms with Crippen LogP contribution >= 0.6 is 23.8 Å². The van der Waals surface area contributed by atoms with Gasteiger partial charge in [-0.15, -0.1) is 0 Å². The molecule has 1 aromatic carbocycles. The number of benzene rings is 1. The molecule has 0 aromatic heterocycles. The average Bonchev–Trinajstić information content (AvgIpc) is 2.09. The van der Waals surface area contributed by atoms with Gasteiger partial charge in [-0.25, -0.2) is 0 Å². The van der Waals surface area contributed by atoms with Crippen molar-refractivity contribution in [2.24, 2.45) is 0 Å². The predicted octanol–water partition coefficient (Wildman–Crippen LogP) is 3.72. The van der Waals surface area contributed by atoms with E-state index in [9.17, 15) is 5.11 Å². The highest BCUT2D eigenvalue weighted by Gasteiger charge is 2.13. The molecule has 0 bridgehead atoms. The number of aliphatic hydroxyl groups excluding tert-OH is 1. The van der Waals surface area contributed by atoms with Crippen molar-refractivity contribution in [3.63, 3.8) is 0 Å². The molecule has 0 saturated heterocycles. The van der Waals surface area contributed by atoms with Crippen LogP contribution in [0.25, 0.3) is 0 Å². The number of thiocarbonyl (C=S) groups is 1. The Morgan fingerprint density at radius 3 is 2.38 bits per heavy atom. The standard InChI is InChI=1S/C10H11ClOS/c1-2-9(10(12)13)7-3-5-8(11)6-4-7/h3-6,9H,2H2,1H3,(H,12,13). The van der Waals surface area contributed by atoms with Gasteiger partial charge in [0.05, 0.1) is 5.92 Å². The quantitative estimate of drug-likeness (QED) is 0.774. The average molecular weight is 215 g/mol. The third kappa shape index (κ3) is 2.68. The van der Waals surface area contributed by atoms with E-state index < -0.39 is 0 Å². The normalized spacial score (nSPS) is 12.5. The molecule has 0 saturated carbocycles. The molecule has 0 spiro atoms. The summed E-state index contributed by atoms with van der Waals surface area (Å²) < 4.78 is 0. The molecule has 1 aromatic rings. The fourth-order valence-corrected chi connectivity index (χ4v) is 1.68. The first-order valence-corrected chi connectivity index (χ1v) is 4.92. The van der Waals surface area contributed by atoms with Crippen LogP contribution in [0.5, 0.6) is 0 Å². The molecule has 0 aliphatic carbocycles. The van der Waals surface area contributed by atoms with Crippen LogP contribution in [0.3, 0.4) is 0 Å². The van der Waals surface area contributed by atoms with Crippen LogP contribution in [0.4, 0.5) is 0 Å². The molecule has 0 amide bonds. The highest BCUT2D eigenvalue weighted by molar-refractivity contribution is 7.80. The van der Waals surface area contributed by atoms with Crippen LogP contribution in [0, 0.1) is 0 Å². The Morgan fingerprint density at radius 1 is 1.46 bits per heavy atom. The van der Waals surface area contributed by atoms with Crippen LogP contribution in [0.15, 0.2) is 24.3 Å². The second-order valence-electron chi connectivity index (χ2n) is 2.85. The van der Waals surface area contributed by atoms with E-state index in [-0.39, 0.29) is 11.0 Å². The zero-order chi connectivity index (χ0) is 9.84. The molecule has 0 radical (unpaired) electrons. The smallest absolute Gasteiger partial charge is 0.164 e. The van der Waals surface area contributed by atoms with E-state index in [1.165, 1.54) is 0 Å². The van der Waals surface area contributed by atoms with Crippen molar-refractivity contribution in [1.29, 1.82) is 0 Å². The fourth-order valence-electron chi connectivity index (χ4n) is 1.25. The van der Waals surface area contributed by atoms with Crippen molar-refractivity contribution in [1.82, 2.24) is 0 Å². The Balaban J connectivity index is 2.92. The number of hydrogen-bond acceptors (Lipinski definition) is 1. The Labute approximate surface area is 88.3 Å². The molecular formula is C10H11ClOS. The number of hydrogen-bond donors (Lipinski definition) is 1. The van der Waals surface area contributed by atoms with E-state index in [0.717, 1.165) is 12.0 Å². The minimum Gasteiger partial charge on any atom is -0.502 e. The number of rotatable bonds is 3. The molecule has 1 unspecified atom stereocenters. The SMILES string of the molecule is CCC(C(O)=S)c1ccc(Cl)cc1. The molecule has 1 atom stereocenters. The van der Waals surface area contributed by atoms with Gasteiger partial charge in [-0.3, -0.25) is 0 Å². The molecule has 3 heteroatoms. The number of halogens is 1. The summed E-state index contributed by atoms with van der Waals surface area (Å²) >= 11 is 10.5. The van der Waals surface area contributed by atoms with Gasteiger partial charge in [0.1, 0.15) is 0 Å². The van der Waals surface area contributed by atoms with Gasteiger partial charge in [0.15, 0.2) is 5.05 Å². The molecular weight excluding hydrogens is 204 g/mol. The summed E-state index contributed by atoms with van der Waals surface area (Å²) in [6.45, 7) is 1.99. The van der Waals surface area contributed by atoms with E-state index in [2.05, 4.69) is 0 Å². The van der Waals surface area contributed by atoms with Gasteiger partial charge in [-0.1, -0.05) is 30.7 Å². The van der Waals surface area contributed by atoms with Crippen molar-refractivity contribution in [3.8, 4) is 0 Å². The van der Waals surface area contributed by atoms with Crippen molar-refractivity contribution in [2.45, 2.75) is 19.3 Å². The summed E-state index contributed by atoms with van der Waals surface area (Å²) in [5, 5.41) is 9.98. The lowest BCUT2D eigenvalue weighted by molar-refractivity contribution is 0.528. The minimum atomic E-state index is -0.0488. The third-order valence-electron chi connectivity index (χ3n) is 1.98. The van der Waals surface area contributed by atoms with Crippen LogP contribution in [0.1, 0.15) is 24.8 Å². The van der Waals surface area contributed by atoms with E-state index >= 15 is 0 Å². The summed E-state index contributed by atoms with van der Waals surface area (Å²) in [4.78, 5) is 0. The molecule has 1 rings (SSSR count). The summed E-state index contributed by atoms with van der Waals surface area (Å²) in [7, 11) is 0. The molecule has 0 fully saturated rings. The monoisotopic (exact) mass is 214 g/mol. The second-order valence-corrected chi connectivity index (χ2v) is 3.71. The predicted molar refractivity (Wildman–Crippen MR) is 59.7 cm³/mol. The Morgan fingerprint density at radius 2 is 2.00 bits per heavy atom. The van der Waals surface area contributed by atoms with Crippen LogP contribution in [0.2, 0.25) is 5.02 Å². The van der Waals surface area contributed by atoms with Gasteiger partial charge in [0.2, 0.25) is 0 Å². The summed E-state index contributed by atoms with van der Waals surface area (Å²) in [5.41, 5.74) is 1.01. The molecule has 0 aliphatic heterocycles. The molecule has 0 aliphatic rings. The summed E-state index contributed by atoms with van der Waals surface area (Å²) in [6.07, 6.45) is 0.803. The van der Waals surface area contributed by atoms with E-state index in [1.807, 2.05) is 19.1 Å². The molecule has 0 heterocycles. The first-order chi connectivity index (χ1) is 6.15. The van der Waals surface area contributed by atoms with Crippen molar-refractivity contribution < 1.29 is 5.11 Å². The zero-order valence-electron chi connectivity index (χ0n) is 7.33. The van der Waals surface area contributed by atoms with E-state index in [4.69, 9.17) is 23.8 Å². The maximum Gasteiger partial charge on any atom is 0.164 e. The van der Waals surface area contributed by atoms with Gasteiger partial charge in [0, 0.05) is 5.02 Å². The molecule has 1 N–H and O–H groups in total. The van der Waals surface area contributed by atoms with E-state index in [0.29, 0.717) is 5.02 Å². The largest absolute Gasteiger partial charge is 0.502 e. The van der Waals surface area contributed by atoms with Gasteiger partial charge >= 0.3 is 0 Å². The van der Waals surface area contributed by atoms with Crippen LogP contribution < -0.4 is 0 Å². The van der Waals surface area contributed by atoms with Crippen molar-refractivity contribution in [3.05, 3.63) is 34.9 Å². The zero-order valence-corrected chi connectivity index (χ0v) is 8.90. The summed E-state index contributed by atoms with van der Waals surface area (Å²) in [6, 6.07) is 7.38. The first-order valence-electron chi connectivity index (χ1n) is 4.13. The Bertz CT molecular complexity index is 294. The Hall–Kier alpha value is -0.600. The third-order valence-corrected chi connectivity index (χ3v) is 2.52. The highest BCUT2D eigenvalue weighted by atomic mass is 35.5. The molecule has 1 nitrogen and oxygen atoms in total. The first kappa shape index (κ1) is 10.5. The van der Waals surface area contributed by atoms with Crippen LogP contribution in [-0.2, 0) is 0 Å². The lowest BCUT2D eigenvalue weighted by Crippen LogP contribution is -2.07. The van der Waals surface area contributed by atoms with Crippen molar-refractivity contribution >= 4 is 28.9 Å². The topological polar surface area (TPSA) is 20.2 Å². The van der Waals surface area contributed by atoms with Crippen molar-refractivity contribution in [2.75, 3.05) is 0 Å². The van der Waals surface area contributed by atoms with Gasteiger partial charge in [-0.2, -0.15) is 0 Å². The van der Waals surface area contributed by atoms with Gasteiger partial charge in [-0.05, 0) is 36.3 Å². The van der Waals surface area contributed by atoms with Gasteiger partial charge in [0.25, 0.3) is 0 Å². The molecule has 70 valence electrons. The summed E-state index contributed by atoms with van der Waals surface area (Å²) in [5.74, 6) is -0.0488. The van der Waals surface area contributed by atoms with Crippen LogP contribution in [-0.4, -0.2) is 10.2 Å². The minimum absolute atomic E-state index is 0.0461. The fraction of sp³-hybridized carbons (Fsp3) is 0.300. The highest BCUT2D eigenvalue weighted by Crippen LogP contribution is 2.22. The number of aliphatic hydroxyl groups is 1. The van der Waals surface area contributed by atoms with Gasteiger partial charge < -0.3 is 5.11 Å². The second kappa shape index (κ2) is 4.58. The lowest BCUT2D eigenvalue weighted by atomic mass is 9.98. The lowest BCUT2D eigenvalue weighted by Gasteiger charge is -2.11. The maximum absolute atomic E-state index is 9.23.